The van der Waals surface area contributed by atoms with Gasteiger partial charge in [0.05, 0.1) is 0 Å². The van der Waals surface area contributed by atoms with Crippen LogP contribution in [0.5, 0.6) is 11.5 Å². The predicted octanol–water partition coefficient (Wildman–Crippen LogP) is 21.1. The average molecular weight is 1270 g/mol. The number of ether oxygens (including phenoxy) is 1. The maximum absolute atomic E-state index is 7.07. The van der Waals surface area contributed by atoms with Crippen molar-refractivity contribution in [1.29, 1.82) is 0 Å². The molecule has 0 fully saturated rings. The van der Waals surface area contributed by atoms with E-state index in [-0.39, 0.29) is 21.7 Å². The van der Waals surface area contributed by atoms with Gasteiger partial charge in [0.1, 0.15) is 0 Å². The van der Waals surface area contributed by atoms with Crippen molar-refractivity contribution < 1.29 is 22.4 Å². The summed E-state index contributed by atoms with van der Waals surface area (Å²) in [4.78, 5) is 10.7. The van der Waals surface area contributed by atoms with Crippen molar-refractivity contribution >= 4 is 53.8 Å². The number of anilines is 8. The normalized spacial score (nSPS) is 14.7. The molecule has 5 aliphatic heterocycles. The Balaban J connectivity index is 1.30. The van der Waals surface area contributed by atoms with Crippen LogP contribution in [-0.2, 0) is 39.3 Å². The number of hydrogen-bond donors (Lipinski definition) is 0. The third-order valence-corrected chi connectivity index (χ3v) is 20.5. The summed E-state index contributed by atoms with van der Waals surface area (Å²) >= 11 is -1.32. The van der Waals surface area contributed by atoms with E-state index in [4.69, 9.17) is 4.74 Å². The molecular weight excluding hydrogens is 1200 g/mol. The van der Waals surface area contributed by atoms with Crippen molar-refractivity contribution in [1.82, 2.24) is 0 Å². The van der Waals surface area contributed by atoms with Crippen LogP contribution in [0.1, 0.15) is 105 Å². The number of benzene rings is 10. The molecule has 5 heterocycles. The summed E-state index contributed by atoms with van der Waals surface area (Å²) in [5, 5.41) is 0. The molecule has 0 saturated carbocycles. The van der Waals surface area contributed by atoms with Crippen LogP contribution in [0.3, 0.4) is 0 Å². The van der Waals surface area contributed by atoms with Crippen molar-refractivity contribution in [2.24, 2.45) is 0 Å². The molecule has 0 unspecified atom stereocenters. The van der Waals surface area contributed by atoms with Crippen molar-refractivity contribution in [2.75, 3.05) is 19.6 Å². The summed E-state index contributed by atoms with van der Waals surface area (Å²) in [6, 6.07) is 79.2. The van der Waals surface area contributed by atoms with Gasteiger partial charge in [-0.05, 0) is 0 Å². The first-order valence-electron chi connectivity index (χ1n) is 29.6. The van der Waals surface area contributed by atoms with Gasteiger partial charge in [-0.3, -0.25) is 0 Å². The van der Waals surface area contributed by atoms with Crippen molar-refractivity contribution in [3.63, 3.8) is 0 Å². The van der Waals surface area contributed by atoms with Crippen molar-refractivity contribution in [3.05, 3.63) is 229 Å². The quantitative estimate of drug-likeness (QED) is 0.150. The monoisotopic (exact) mass is 1270 g/mol. The van der Waals surface area contributed by atoms with Gasteiger partial charge in [-0.1, -0.05) is 0 Å². The van der Waals surface area contributed by atoms with E-state index in [1.54, 1.807) is 0 Å². The van der Waals surface area contributed by atoms with Crippen molar-refractivity contribution in [3.8, 4) is 78.3 Å². The first-order valence-corrected chi connectivity index (χ1v) is 31.9. The Hall–Kier alpha value is -8.37. The number of nitrogens with zero attached hydrogens (tertiary/aromatic N) is 4. The van der Waals surface area contributed by atoms with Crippen LogP contribution in [0.15, 0.2) is 206 Å². The third kappa shape index (κ3) is 8.20. The fourth-order valence-corrected chi connectivity index (χ4v) is 17.2. The van der Waals surface area contributed by atoms with Gasteiger partial charge in [0.25, 0.3) is 0 Å². The Morgan fingerprint density at radius 1 is 0.274 bits per heavy atom. The van der Waals surface area contributed by atoms with Gasteiger partial charge in [-0.2, -0.15) is 0 Å². The Morgan fingerprint density at radius 2 is 0.548 bits per heavy atom. The number of para-hydroxylation sites is 4. The summed E-state index contributed by atoms with van der Waals surface area (Å²) in [5.41, 5.74) is 27.5. The second kappa shape index (κ2) is 18.6. The molecule has 0 radical (unpaired) electrons. The molecule has 0 N–H and O–H groups in total. The van der Waals surface area contributed by atoms with Crippen LogP contribution in [0.25, 0.3) is 66.8 Å². The Labute approximate surface area is 504 Å². The molecule has 0 saturated heterocycles. The van der Waals surface area contributed by atoms with E-state index >= 15 is 0 Å². The second-order valence-corrected chi connectivity index (χ2v) is 30.0. The van der Waals surface area contributed by atoms with Gasteiger partial charge >= 0.3 is 507 Å². The number of rotatable bonds is 0. The summed E-state index contributed by atoms with van der Waals surface area (Å²) in [5.74, 6) is 1.57. The SMILES string of the molecule is CC(C)(C)c1cc(C(C)(C)C)c2c3c1-c1cccc(c1)-c1cccc(c1)-c1c(C(C)(C)C)cc(C(C)(C)C)c(c1N1[C]4=[Pt]=[C]5N(c6cccc(c6)Oc6cccc(c6)N4c4ccccc41)c1ccccc1N53)-c1cccc(c1)-c1cccc-2c1. The zero-order chi connectivity index (χ0) is 57.9. The minimum atomic E-state index is -1.32. The molecule has 10 aromatic rings. The van der Waals surface area contributed by atoms with Crippen LogP contribution < -0.4 is 24.3 Å². The van der Waals surface area contributed by atoms with Gasteiger partial charge in [-0.15, -0.1) is 0 Å². The Morgan fingerprint density at radius 3 is 0.845 bits per heavy atom. The standard InChI is InChI=1S/C78H70N4O.Pt/c1-75(2,3)61-45-62(76(4,5)6)70-54-28-18-25-51(40-54)52-26-20-30-56(42-52)72-64(78(10,11)12)46-63(77(7,8)9)71-55-29-19-24-50(41-55)49-23-17-27-53(39-49)69(61)73(70)81-47-79(65-35-13-15-37-67(65)81)57-31-21-33-59(43-57)83-60-34-22-32-58(44-60)80-48-82(74(71)72)68-38-16-14-36-66(68)80;/h13-46H,1-12H3;. The molecule has 0 aliphatic carbocycles. The van der Waals surface area contributed by atoms with Gasteiger partial charge < -0.3 is 0 Å². The second-order valence-electron chi connectivity index (χ2n) is 27.4. The maximum atomic E-state index is 7.07. The topological polar surface area (TPSA) is 22.2 Å². The van der Waals surface area contributed by atoms with Crippen LogP contribution in [-0.4, -0.2) is 8.29 Å². The minimum absolute atomic E-state index is 0.286. The van der Waals surface area contributed by atoms with E-state index in [0.717, 1.165) is 45.6 Å². The van der Waals surface area contributed by atoms with Gasteiger partial charge in [-0.25, -0.2) is 0 Å². The Kier molecular flexibility index (Phi) is 11.6. The van der Waals surface area contributed by atoms with Crippen LogP contribution >= 0.6 is 0 Å². The van der Waals surface area contributed by atoms with Crippen LogP contribution in [0.2, 0.25) is 0 Å². The van der Waals surface area contributed by atoms with Crippen LogP contribution in [0, 0.1) is 0 Å². The van der Waals surface area contributed by atoms with E-state index in [9.17, 15) is 0 Å². The molecule has 10 aromatic carbocycles. The summed E-state index contributed by atoms with van der Waals surface area (Å²) in [6.45, 7) is 28.9. The third-order valence-electron chi connectivity index (χ3n) is 17.5. The van der Waals surface area contributed by atoms with Crippen LogP contribution in [0.4, 0.5) is 45.5 Å². The summed E-state index contributed by atoms with van der Waals surface area (Å²) in [6.07, 6.45) is 0. The predicted molar refractivity (Wildman–Crippen MR) is 352 cm³/mol. The zero-order valence-electron chi connectivity index (χ0n) is 50.1. The molecule has 6 heteroatoms. The average Bonchev–Trinajstić information content (AvgIpc) is 1.95. The molecule has 418 valence electrons. The molecule has 16 bridgehead atoms. The number of fused-ring (bicyclic) bond motifs is 24. The molecule has 84 heavy (non-hydrogen) atoms. The molecule has 15 rings (SSSR count). The molecule has 0 amide bonds. The van der Waals surface area contributed by atoms with E-state index in [0.29, 0.717) is 0 Å². The molecule has 5 nitrogen and oxygen atoms in total. The molecule has 0 atom stereocenters. The summed E-state index contributed by atoms with van der Waals surface area (Å²) in [7, 11) is 0. The van der Waals surface area contributed by atoms with E-state index < -0.39 is 17.6 Å². The number of hydrogen-bond acceptors (Lipinski definition) is 5. The first kappa shape index (κ1) is 52.4. The molecule has 5 aliphatic rings. The van der Waals surface area contributed by atoms with Gasteiger partial charge in [0.15, 0.2) is 0 Å². The first-order chi connectivity index (χ1) is 40.2. The Bertz CT molecular complexity index is 4080. The zero-order valence-corrected chi connectivity index (χ0v) is 52.4. The van der Waals surface area contributed by atoms with E-state index in [2.05, 4.69) is 309 Å². The van der Waals surface area contributed by atoms with E-state index in [1.165, 1.54) is 109 Å². The fourth-order valence-electron chi connectivity index (χ4n) is 13.6. The summed E-state index contributed by atoms with van der Waals surface area (Å²) < 4.78 is 9.51. The van der Waals surface area contributed by atoms with Gasteiger partial charge in [0, 0.05) is 0 Å². The molecule has 0 spiro atoms. The fraction of sp³-hybridized carbons (Fsp3) is 0.205. The van der Waals surface area contributed by atoms with Gasteiger partial charge in [0.2, 0.25) is 0 Å². The van der Waals surface area contributed by atoms with Crippen molar-refractivity contribution in [2.45, 2.75) is 105 Å². The molecule has 0 aromatic heterocycles. The molecular formula is C78H70N4OPt. The van der Waals surface area contributed by atoms with E-state index in [1.807, 2.05) is 0 Å².